The predicted molar refractivity (Wildman–Crippen MR) is 58.0 cm³/mol. The highest BCUT2D eigenvalue weighted by molar-refractivity contribution is 9.10. The van der Waals surface area contributed by atoms with Crippen molar-refractivity contribution in [2.75, 3.05) is 0 Å². The maximum atomic E-state index is 8.89. The van der Waals surface area contributed by atoms with Crippen LogP contribution in [0.3, 0.4) is 0 Å². The Morgan fingerprint density at radius 2 is 2.00 bits per heavy atom. The van der Waals surface area contributed by atoms with Gasteiger partial charge in [0.05, 0.1) is 0 Å². The average molecular weight is 243 g/mol. The minimum Gasteiger partial charge on any atom is -0.437 e. The van der Waals surface area contributed by atoms with Crippen molar-refractivity contribution >= 4 is 23.0 Å². The van der Waals surface area contributed by atoms with Crippen molar-refractivity contribution < 1.29 is 5.02 Å². The van der Waals surface area contributed by atoms with Crippen LogP contribution in [0.4, 0.5) is 0 Å². The van der Waals surface area contributed by atoms with Crippen LogP contribution >= 0.6 is 15.9 Å². The first kappa shape index (κ1) is 10.7. The molecule has 0 aliphatic heterocycles. The molecule has 0 aliphatic carbocycles. The Labute approximate surface area is 86.8 Å². The number of benzene rings is 1. The third-order valence-corrected chi connectivity index (χ3v) is 2.05. The standard InChI is InChI=1S/C8H12BBrN2O/c1-9(13)12-11-6-7-2-4-8(10)5-3-7/h2-5,11-13H,6H2,1H3. The first-order valence-electron chi connectivity index (χ1n) is 4.09. The normalized spacial score (nSPS) is 10.1. The van der Waals surface area contributed by atoms with E-state index in [1.807, 2.05) is 24.3 Å². The Hall–Kier alpha value is -0.355. The molecule has 3 N–H and O–H groups in total. The molecule has 0 fully saturated rings. The maximum absolute atomic E-state index is 8.89. The second-order valence-corrected chi connectivity index (χ2v) is 3.72. The SMILES string of the molecule is CB(O)NNCc1ccc(Br)cc1. The van der Waals surface area contributed by atoms with Gasteiger partial charge in [-0.1, -0.05) is 28.1 Å². The lowest BCUT2D eigenvalue weighted by Crippen LogP contribution is -2.41. The van der Waals surface area contributed by atoms with E-state index >= 15 is 0 Å². The molecule has 13 heavy (non-hydrogen) atoms. The number of halogens is 1. The number of hydrazine groups is 1. The Morgan fingerprint density at radius 3 is 2.54 bits per heavy atom. The van der Waals surface area contributed by atoms with Gasteiger partial charge in [0.15, 0.2) is 0 Å². The van der Waals surface area contributed by atoms with E-state index in [1.165, 1.54) is 0 Å². The van der Waals surface area contributed by atoms with Crippen molar-refractivity contribution in [3.63, 3.8) is 0 Å². The summed E-state index contributed by atoms with van der Waals surface area (Å²) in [6.45, 7) is 2.35. The zero-order valence-corrected chi connectivity index (χ0v) is 9.01. The summed E-state index contributed by atoms with van der Waals surface area (Å²) in [5.41, 5.74) is 4.07. The molecule has 1 aromatic carbocycles. The summed E-state index contributed by atoms with van der Waals surface area (Å²) in [5.74, 6) is 0. The molecule has 0 aromatic heterocycles. The van der Waals surface area contributed by atoms with E-state index in [2.05, 4.69) is 26.7 Å². The highest BCUT2D eigenvalue weighted by Crippen LogP contribution is 2.09. The summed E-state index contributed by atoms with van der Waals surface area (Å²) in [7, 11) is -0.532. The Balaban J connectivity index is 2.33. The quantitative estimate of drug-likeness (QED) is 0.549. The lowest BCUT2D eigenvalue weighted by molar-refractivity contribution is 0.520. The monoisotopic (exact) mass is 242 g/mol. The smallest absolute Gasteiger partial charge is 0.387 e. The van der Waals surface area contributed by atoms with E-state index in [-0.39, 0.29) is 0 Å². The van der Waals surface area contributed by atoms with E-state index in [9.17, 15) is 0 Å². The van der Waals surface area contributed by atoms with Crippen LogP contribution in [0.2, 0.25) is 6.82 Å². The summed E-state index contributed by atoms with van der Waals surface area (Å²) < 4.78 is 1.07. The van der Waals surface area contributed by atoms with E-state index in [0.717, 1.165) is 10.0 Å². The minimum atomic E-state index is -0.532. The lowest BCUT2D eigenvalue weighted by atomic mass is 9.91. The van der Waals surface area contributed by atoms with Crippen LogP contribution in [0.25, 0.3) is 0 Å². The Bertz CT molecular complexity index is 253. The van der Waals surface area contributed by atoms with E-state index in [4.69, 9.17) is 5.02 Å². The molecule has 0 amide bonds. The molecule has 0 radical (unpaired) electrons. The first-order chi connectivity index (χ1) is 6.18. The fraction of sp³-hybridized carbons (Fsp3) is 0.250. The number of hydrogen-bond acceptors (Lipinski definition) is 3. The predicted octanol–water partition coefficient (Wildman–Crippen LogP) is 1.15. The van der Waals surface area contributed by atoms with Crippen molar-refractivity contribution in [3.8, 4) is 0 Å². The molecule has 0 heterocycles. The third kappa shape index (κ3) is 4.43. The molecule has 0 atom stereocenters. The van der Waals surface area contributed by atoms with Gasteiger partial charge in [0, 0.05) is 11.0 Å². The lowest BCUT2D eigenvalue weighted by Gasteiger charge is -2.06. The molecule has 1 rings (SSSR count). The number of nitrogens with one attached hydrogen (secondary N) is 2. The second kappa shape index (κ2) is 5.39. The zero-order chi connectivity index (χ0) is 9.68. The van der Waals surface area contributed by atoms with Crippen LogP contribution in [0.5, 0.6) is 0 Å². The molecule has 0 unspecified atom stereocenters. The molecular weight excluding hydrogens is 231 g/mol. The van der Waals surface area contributed by atoms with Crippen LogP contribution in [0.1, 0.15) is 5.56 Å². The van der Waals surface area contributed by atoms with Crippen LogP contribution in [0, 0.1) is 0 Å². The van der Waals surface area contributed by atoms with Gasteiger partial charge in [-0.3, -0.25) is 10.8 Å². The van der Waals surface area contributed by atoms with Crippen molar-refractivity contribution in [1.29, 1.82) is 0 Å². The van der Waals surface area contributed by atoms with Crippen molar-refractivity contribution in [2.24, 2.45) is 0 Å². The Morgan fingerprint density at radius 1 is 1.38 bits per heavy atom. The third-order valence-electron chi connectivity index (χ3n) is 1.52. The fourth-order valence-corrected chi connectivity index (χ4v) is 1.17. The molecule has 0 saturated heterocycles. The topological polar surface area (TPSA) is 44.3 Å². The summed E-state index contributed by atoms with van der Waals surface area (Å²) >= 11 is 3.36. The minimum absolute atomic E-state index is 0.532. The van der Waals surface area contributed by atoms with E-state index in [1.54, 1.807) is 6.82 Å². The van der Waals surface area contributed by atoms with Crippen molar-refractivity contribution in [2.45, 2.75) is 13.4 Å². The highest BCUT2D eigenvalue weighted by atomic mass is 79.9. The van der Waals surface area contributed by atoms with Crippen LogP contribution in [-0.2, 0) is 6.54 Å². The van der Waals surface area contributed by atoms with Crippen LogP contribution in [-0.4, -0.2) is 12.1 Å². The fourth-order valence-electron chi connectivity index (χ4n) is 0.903. The van der Waals surface area contributed by atoms with Gasteiger partial charge in [0.1, 0.15) is 0 Å². The van der Waals surface area contributed by atoms with Crippen molar-refractivity contribution in [1.82, 2.24) is 10.8 Å². The number of hydrogen-bond donors (Lipinski definition) is 3. The summed E-state index contributed by atoms with van der Waals surface area (Å²) in [6.07, 6.45) is 0. The Kier molecular flexibility index (Phi) is 4.45. The van der Waals surface area contributed by atoms with E-state index in [0.29, 0.717) is 6.54 Å². The summed E-state index contributed by atoms with van der Waals surface area (Å²) in [6, 6.07) is 8.00. The highest BCUT2D eigenvalue weighted by Gasteiger charge is 1.99. The van der Waals surface area contributed by atoms with Crippen molar-refractivity contribution in [3.05, 3.63) is 34.3 Å². The summed E-state index contributed by atoms with van der Waals surface area (Å²) in [4.78, 5) is 0. The van der Waals surface area contributed by atoms with Gasteiger partial charge in [-0.15, -0.1) is 0 Å². The van der Waals surface area contributed by atoms with E-state index < -0.39 is 7.05 Å². The molecule has 0 saturated carbocycles. The molecule has 1 aromatic rings. The van der Waals surface area contributed by atoms with Gasteiger partial charge in [-0.05, 0) is 24.5 Å². The molecule has 0 spiro atoms. The first-order valence-corrected chi connectivity index (χ1v) is 4.88. The van der Waals surface area contributed by atoms with Gasteiger partial charge < -0.3 is 5.02 Å². The molecule has 3 nitrogen and oxygen atoms in total. The van der Waals surface area contributed by atoms with Gasteiger partial charge in [0.25, 0.3) is 0 Å². The van der Waals surface area contributed by atoms with Gasteiger partial charge in [0.2, 0.25) is 0 Å². The molecule has 5 heteroatoms. The van der Waals surface area contributed by atoms with Gasteiger partial charge >= 0.3 is 7.05 Å². The second-order valence-electron chi connectivity index (χ2n) is 2.80. The average Bonchev–Trinajstić information content (AvgIpc) is 2.08. The molecule has 0 aliphatic rings. The molecular formula is C8H12BBrN2O. The largest absolute Gasteiger partial charge is 0.437 e. The summed E-state index contributed by atoms with van der Waals surface area (Å²) in [5, 5.41) is 11.6. The van der Waals surface area contributed by atoms with Gasteiger partial charge in [-0.2, -0.15) is 0 Å². The van der Waals surface area contributed by atoms with Crippen LogP contribution < -0.4 is 10.8 Å². The molecule has 70 valence electrons. The van der Waals surface area contributed by atoms with Crippen LogP contribution in [0.15, 0.2) is 28.7 Å². The zero-order valence-electron chi connectivity index (χ0n) is 7.42. The molecule has 0 bridgehead atoms. The maximum Gasteiger partial charge on any atom is 0.387 e. The van der Waals surface area contributed by atoms with Gasteiger partial charge in [-0.25, -0.2) is 0 Å². The number of rotatable bonds is 4.